The molecule has 0 saturated carbocycles. The van der Waals surface area contributed by atoms with E-state index in [-0.39, 0.29) is 0 Å². The molecule has 0 aromatic heterocycles. The van der Waals surface area contributed by atoms with E-state index in [1.165, 1.54) is 0 Å². The summed E-state index contributed by atoms with van der Waals surface area (Å²) in [5.41, 5.74) is -4.32. The van der Waals surface area contributed by atoms with E-state index < -0.39 is 32.9 Å². The highest BCUT2D eigenvalue weighted by atomic mass is 16.4. The molecule has 0 bridgehead atoms. The molecule has 0 atom stereocenters. The lowest BCUT2D eigenvalue weighted by atomic mass is 9.44. The number of hydrogen-bond donors (Lipinski definition) is 2. The summed E-state index contributed by atoms with van der Waals surface area (Å²) < 4.78 is 0. The third kappa shape index (κ3) is 2.54. The normalized spacial score (nSPS) is 16.5. The molecule has 0 aromatic rings. The van der Waals surface area contributed by atoms with Gasteiger partial charge in [0.1, 0.15) is 11.2 Å². The van der Waals surface area contributed by atoms with Gasteiger partial charge < -0.3 is 10.2 Å². The van der Waals surface area contributed by atoms with Crippen molar-refractivity contribution >= 4 is 0 Å². The number of aliphatic hydroxyl groups is 2. The maximum absolute atomic E-state index is 11.8. The minimum absolute atomic E-state index is 0.458. The van der Waals surface area contributed by atoms with Crippen LogP contribution in [-0.2, 0) is 0 Å². The van der Waals surface area contributed by atoms with Gasteiger partial charge in [-0.3, -0.25) is 0 Å². The van der Waals surface area contributed by atoms with Gasteiger partial charge in [-0.25, -0.2) is 0 Å². The fourth-order valence-electron chi connectivity index (χ4n) is 4.42. The molecule has 0 unspecified atom stereocenters. The third-order valence-corrected chi connectivity index (χ3v) is 4.87. The molecule has 0 aromatic carbocycles. The summed E-state index contributed by atoms with van der Waals surface area (Å²) in [7, 11) is 0. The Kier molecular flexibility index (Phi) is 4.69. The molecule has 0 saturated heterocycles. The fourth-order valence-corrected chi connectivity index (χ4v) is 4.42. The van der Waals surface area contributed by atoms with Crippen LogP contribution < -0.4 is 0 Å². The van der Waals surface area contributed by atoms with Crippen LogP contribution in [0.4, 0.5) is 0 Å². The van der Waals surface area contributed by atoms with Crippen LogP contribution in [0.5, 0.6) is 0 Å². The largest absolute Gasteiger partial charge is 0.386 e. The van der Waals surface area contributed by atoms with Crippen molar-refractivity contribution in [2.24, 2.45) is 21.7 Å². The zero-order chi connectivity index (χ0) is 17.0. The van der Waals surface area contributed by atoms with Crippen LogP contribution in [0.15, 0.2) is 0 Å². The van der Waals surface area contributed by atoms with E-state index in [4.69, 9.17) is 0 Å². The van der Waals surface area contributed by atoms with Crippen molar-refractivity contribution in [1.82, 2.24) is 0 Å². The summed E-state index contributed by atoms with van der Waals surface area (Å²) in [5.74, 6) is 0. The zero-order valence-electron chi connectivity index (χ0n) is 15.9. The monoisotopic (exact) mass is 286 g/mol. The fraction of sp³-hybridized carbons (Fsp3) is 1.00. The second-order valence-electron chi connectivity index (χ2n) is 10.4. The summed E-state index contributed by atoms with van der Waals surface area (Å²) >= 11 is 0. The lowest BCUT2D eigenvalue weighted by Gasteiger charge is -2.66. The van der Waals surface area contributed by atoms with Crippen molar-refractivity contribution in [3.05, 3.63) is 0 Å². The van der Waals surface area contributed by atoms with Crippen LogP contribution in [0.1, 0.15) is 83.1 Å². The summed E-state index contributed by atoms with van der Waals surface area (Å²) in [4.78, 5) is 0. The molecule has 0 heterocycles. The Morgan fingerprint density at radius 3 is 0.500 bits per heavy atom. The Balaban J connectivity index is 6.71. The predicted octanol–water partition coefficient (Wildman–Crippen LogP) is 4.63. The second-order valence-corrected chi connectivity index (χ2v) is 10.4. The average molecular weight is 286 g/mol. The first-order chi connectivity index (χ1) is 8.25. The maximum Gasteiger partial charge on any atom is 0.104 e. The molecular formula is C18H38O2. The second kappa shape index (κ2) is 4.71. The molecule has 20 heavy (non-hydrogen) atoms. The van der Waals surface area contributed by atoms with Crippen molar-refractivity contribution < 1.29 is 10.2 Å². The minimum atomic E-state index is -1.25. The summed E-state index contributed by atoms with van der Waals surface area (Å²) in [6, 6.07) is 0. The Morgan fingerprint density at radius 1 is 0.350 bits per heavy atom. The summed E-state index contributed by atoms with van der Waals surface area (Å²) in [6.07, 6.45) is 0. The molecule has 0 aliphatic rings. The van der Waals surface area contributed by atoms with Crippen molar-refractivity contribution in [1.29, 1.82) is 0 Å². The van der Waals surface area contributed by atoms with Crippen LogP contribution >= 0.6 is 0 Å². The molecule has 0 aliphatic heterocycles. The van der Waals surface area contributed by atoms with Crippen LogP contribution in [0, 0.1) is 21.7 Å². The first-order valence-corrected chi connectivity index (χ1v) is 7.70. The van der Waals surface area contributed by atoms with Crippen molar-refractivity contribution in [2.75, 3.05) is 0 Å². The van der Waals surface area contributed by atoms with E-state index in [1.54, 1.807) is 0 Å². The van der Waals surface area contributed by atoms with Gasteiger partial charge in [-0.15, -0.1) is 0 Å². The van der Waals surface area contributed by atoms with Gasteiger partial charge in [0, 0.05) is 0 Å². The Labute approximate surface area is 127 Å². The van der Waals surface area contributed by atoms with Crippen LogP contribution in [0.25, 0.3) is 0 Å². The number of rotatable bonds is 1. The Morgan fingerprint density at radius 2 is 0.450 bits per heavy atom. The quantitative estimate of drug-likeness (QED) is 0.737. The highest BCUT2D eigenvalue weighted by Gasteiger charge is 2.69. The molecule has 2 nitrogen and oxygen atoms in total. The van der Waals surface area contributed by atoms with E-state index in [1.807, 2.05) is 83.1 Å². The summed E-state index contributed by atoms with van der Waals surface area (Å²) in [5, 5.41) is 23.6. The molecule has 0 fully saturated rings. The van der Waals surface area contributed by atoms with Gasteiger partial charge in [-0.1, -0.05) is 83.1 Å². The van der Waals surface area contributed by atoms with E-state index >= 15 is 0 Å². The van der Waals surface area contributed by atoms with Crippen LogP contribution in [0.2, 0.25) is 0 Å². The molecule has 2 N–H and O–H groups in total. The molecule has 2 heteroatoms. The highest BCUT2D eigenvalue weighted by Crippen LogP contribution is 2.61. The average Bonchev–Trinajstić information content (AvgIpc) is 2.07. The molecule has 0 rings (SSSR count). The first-order valence-electron chi connectivity index (χ1n) is 7.70. The third-order valence-electron chi connectivity index (χ3n) is 4.87. The smallest absolute Gasteiger partial charge is 0.104 e. The molecule has 0 spiro atoms. The summed E-state index contributed by atoms with van der Waals surface area (Å²) in [6.45, 7) is 24.2. The first kappa shape index (κ1) is 19.9. The minimum Gasteiger partial charge on any atom is -0.386 e. The van der Waals surface area contributed by atoms with E-state index in [0.29, 0.717) is 0 Å². The highest BCUT2D eigenvalue weighted by molar-refractivity contribution is 5.20. The Bertz CT molecular complexity index is 276. The molecule has 0 radical (unpaired) electrons. The Hall–Kier alpha value is -0.0800. The zero-order valence-corrected chi connectivity index (χ0v) is 15.9. The van der Waals surface area contributed by atoms with Gasteiger partial charge >= 0.3 is 0 Å². The van der Waals surface area contributed by atoms with Gasteiger partial charge in [-0.05, 0) is 21.7 Å². The molecule has 122 valence electrons. The van der Waals surface area contributed by atoms with E-state index in [0.717, 1.165) is 0 Å². The van der Waals surface area contributed by atoms with Gasteiger partial charge in [0.2, 0.25) is 0 Å². The lowest BCUT2D eigenvalue weighted by molar-refractivity contribution is -0.321. The van der Waals surface area contributed by atoms with Crippen molar-refractivity contribution in [3.63, 3.8) is 0 Å². The van der Waals surface area contributed by atoms with E-state index in [2.05, 4.69) is 0 Å². The number of hydrogen-bond acceptors (Lipinski definition) is 2. The van der Waals surface area contributed by atoms with Gasteiger partial charge in [-0.2, -0.15) is 0 Å². The van der Waals surface area contributed by atoms with Gasteiger partial charge in [0.05, 0.1) is 0 Å². The molecular weight excluding hydrogens is 248 g/mol. The molecule has 0 amide bonds. The molecule has 0 aliphatic carbocycles. The van der Waals surface area contributed by atoms with Crippen molar-refractivity contribution in [3.8, 4) is 0 Å². The SMILES string of the molecule is CC(C)(C)C(O)(C(C)(C)C)C(O)(C(C)(C)C)C(C)(C)C. The topological polar surface area (TPSA) is 40.5 Å². The van der Waals surface area contributed by atoms with Gasteiger partial charge in [0.15, 0.2) is 0 Å². The van der Waals surface area contributed by atoms with Gasteiger partial charge in [0.25, 0.3) is 0 Å². The van der Waals surface area contributed by atoms with E-state index in [9.17, 15) is 10.2 Å². The lowest BCUT2D eigenvalue weighted by Crippen LogP contribution is -2.76. The maximum atomic E-state index is 11.8. The van der Waals surface area contributed by atoms with Crippen LogP contribution in [-0.4, -0.2) is 21.4 Å². The van der Waals surface area contributed by atoms with Crippen molar-refractivity contribution in [2.45, 2.75) is 94.3 Å². The standard InChI is InChI=1S/C18H38O2/c1-13(2,3)17(19,14(4,5)6)18(20,15(7,8)9)16(10,11)12/h19-20H,1-12H3. The van der Waals surface area contributed by atoms with Crippen LogP contribution in [0.3, 0.4) is 0 Å². The predicted molar refractivity (Wildman–Crippen MR) is 87.7 cm³/mol.